The van der Waals surface area contributed by atoms with Crippen molar-refractivity contribution in [2.24, 2.45) is 17.3 Å². The van der Waals surface area contributed by atoms with Gasteiger partial charge in [-0.05, 0) is 32.8 Å². The summed E-state index contributed by atoms with van der Waals surface area (Å²) >= 11 is 0. The van der Waals surface area contributed by atoms with Crippen LogP contribution in [0.25, 0.3) is 0 Å². The van der Waals surface area contributed by atoms with Gasteiger partial charge in [-0.3, -0.25) is 19.2 Å². The summed E-state index contributed by atoms with van der Waals surface area (Å²) in [6, 6.07) is 0. The number of hydrogen-bond donors (Lipinski definition) is 0. The van der Waals surface area contributed by atoms with E-state index in [-0.39, 0.29) is 6.42 Å². The van der Waals surface area contributed by atoms with Crippen molar-refractivity contribution in [2.45, 2.75) is 116 Å². The highest BCUT2D eigenvalue weighted by Crippen LogP contribution is 2.66. The molecule has 11 nitrogen and oxygen atoms in total. The van der Waals surface area contributed by atoms with Gasteiger partial charge in [-0.2, -0.15) is 0 Å². The second-order valence-electron chi connectivity index (χ2n) is 11.7. The molecule has 0 aromatic rings. The van der Waals surface area contributed by atoms with E-state index in [1.807, 2.05) is 20.8 Å². The van der Waals surface area contributed by atoms with Crippen LogP contribution in [0.3, 0.4) is 0 Å². The van der Waals surface area contributed by atoms with Gasteiger partial charge in [0.1, 0.15) is 24.4 Å². The molecule has 1 saturated carbocycles. The normalized spacial score (nSPS) is 44.2. The van der Waals surface area contributed by atoms with E-state index in [1.54, 1.807) is 13.0 Å². The first kappa shape index (κ1) is 29.0. The molecule has 216 valence electrons. The van der Waals surface area contributed by atoms with E-state index in [2.05, 4.69) is 0 Å². The van der Waals surface area contributed by atoms with Crippen molar-refractivity contribution in [3.05, 3.63) is 11.6 Å². The molecule has 2 aliphatic heterocycles. The Labute approximate surface area is 227 Å². The molecule has 0 aromatic carbocycles. The SMILES string of the molecule is CC(=O)O[C@H]1C[C@H](OC(C)=O)[C@@]2(C)[C@H]([C@H]1C)[C@@H](OC(C)=O)[C@@]13O[C@@]1(C)C(=O)O[C@H]3/C=C(/C)CC[C@H]2OC(C)=O. The fraction of sp³-hybridized carbons (Fsp3) is 0.750. The van der Waals surface area contributed by atoms with Crippen molar-refractivity contribution in [1.82, 2.24) is 0 Å². The molecule has 0 N–H and O–H groups in total. The monoisotopic (exact) mass is 550 g/mol. The van der Waals surface area contributed by atoms with E-state index >= 15 is 0 Å². The summed E-state index contributed by atoms with van der Waals surface area (Å²) in [7, 11) is 0. The molecule has 0 aromatic heterocycles. The van der Waals surface area contributed by atoms with Gasteiger partial charge in [0.2, 0.25) is 0 Å². The van der Waals surface area contributed by atoms with E-state index in [0.717, 1.165) is 5.57 Å². The van der Waals surface area contributed by atoms with Crippen LogP contribution >= 0.6 is 0 Å². The van der Waals surface area contributed by atoms with Gasteiger partial charge >= 0.3 is 29.8 Å². The third-order valence-electron chi connectivity index (χ3n) is 9.04. The van der Waals surface area contributed by atoms with Gasteiger partial charge in [0, 0.05) is 51.4 Å². The maximum absolute atomic E-state index is 13.1. The summed E-state index contributed by atoms with van der Waals surface area (Å²) in [5.41, 5.74) is -3.09. The third kappa shape index (κ3) is 4.62. The topological polar surface area (TPSA) is 144 Å². The Bertz CT molecular complexity index is 1110. The van der Waals surface area contributed by atoms with Crippen LogP contribution in [0.4, 0.5) is 0 Å². The van der Waals surface area contributed by atoms with Crippen molar-refractivity contribution in [2.75, 3.05) is 0 Å². The maximum atomic E-state index is 13.1. The lowest BCUT2D eigenvalue weighted by atomic mass is 9.53. The average molecular weight is 551 g/mol. The summed E-state index contributed by atoms with van der Waals surface area (Å²) in [6.07, 6.45) is -1.64. The molecule has 0 bridgehead atoms. The van der Waals surface area contributed by atoms with Gasteiger partial charge in [-0.1, -0.05) is 19.4 Å². The zero-order chi connectivity index (χ0) is 29.1. The molecule has 1 spiro atoms. The summed E-state index contributed by atoms with van der Waals surface area (Å²) in [5, 5.41) is 0. The lowest BCUT2D eigenvalue weighted by molar-refractivity contribution is -0.235. The molecule has 4 aliphatic rings. The second-order valence-corrected chi connectivity index (χ2v) is 11.7. The summed E-state index contributed by atoms with van der Waals surface area (Å²) in [6.45, 7) is 12.3. The van der Waals surface area contributed by atoms with Crippen molar-refractivity contribution in [3.63, 3.8) is 0 Å². The lowest BCUT2D eigenvalue weighted by Gasteiger charge is -2.57. The number of allylic oxidation sites excluding steroid dienone is 1. The minimum absolute atomic E-state index is 0.136. The van der Waals surface area contributed by atoms with Gasteiger partial charge < -0.3 is 28.4 Å². The number of fused-ring (bicyclic) bond motifs is 1. The first-order chi connectivity index (χ1) is 18.1. The van der Waals surface area contributed by atoms with E-state index in [0.29, 0.717) is 12.8 Å². The highest BCUT2D eigenvalue weighted by Gasteiger charge is 2.87. The largest absolute Gasteiger partial charge is 0.462 e. The molecule has 39 heavy (non-hydrogen) atoms. The van der Waals surface area contributed by atoms with Gasteiger partial charge in [-0.25, -0.2) is 4.79 Å². The van der Waals surface area contributed by atoms with Crippen LogP contribution in [-0.4, -0.2) is 71.6 Å². The zero-order valence-corrected chi connectivity index (χ0v) is 23.7. The van der Waals surface area contributed by atoms with Crippen LogP contribution < -0.4 is 0 Å². The molecule has 0 radical (unpaired) electrons. The van der Waals surface area contributed by atoms with Gasteiger partial charge in [-0.15, -0.1) is 0 Å². The average Bonchev–Trinajstić information content (AvgIpc) is 3.39. The Kier molecular flexibility index (Phi) is 7.38. The summed E-state index contributed by atoms with van der Waals surface area (Å²) < 4.78 is 35.5. The molecule has 10 atom stereocenters. The van der Waals surface area contributed by atoms with E-state index in [1.165, 1.54) is 27.7 Å². The molecule has 2 heterocycles. The molecule has 0 unspecified atom stereocenters. The van der Waals surface area contributed by atoms with E-state index in [9.17, 15) is 24.0 Å². The van der Waals surface area contributed by atoms with E-state index in [4.69, 9.17) is 28.4 Å². The first-order valence-corrected chi connectivity index (χ1v) is 13.3. The Morgan fingerprint density at radius 2 is 1.46 bits per heavy atom. The van der Waals surface area contributed by atoms with Crippen molar-refractivity contribution in [1.29, 1.82) is 0 Å². The molecular weight excluding hydrogens is 512 g/mol. The fourth-order valence-electron chi connectivity index (χ4n) is 7.27. The number of rotatable bonds is 4. The second kappa shape index (κ2) is 9.91. The number of carbonyl (C=O) groups is 5. The van der Waals surface area contributed by atoms with Gasteiger partial charge in [0.15, 0.2) is 17.3 Å². The predicted molar refractivity (Wildman–Crippen MR) is 133 cm³/mol. The third-order valence-corrected chi connectivity index (χ3v) is 9.04. The standard InChI is InChI=1S/C28H38O11/c1-13-9-10-20(35-16(4)30)26(7)21(36-17(5)31)12-19(34-15(3)29)14(2)23(26)24(37-18(6)32)28-22(11-13)38-25(33)27(28,8)39-28/h11,14,19-24H,9-10,12H2,1-8H3/b13-11-/t14-,19-,20+,21-,22-,23+,24+,26-,27-,28+/m0/s1. The molecule has 4 rings (SSSR count). The van der Waals surface area contributed by atoms with Crippen LogP contribution in [0.2, 0.25) is 0 Å². The van der Waals surface area contributed by atoms with E-state index < -0.39 is 88.8 Å². The van der Waals surface area contributed by atoms with Gasteiger partial charge in [0.05, 0.1) is 0 Å². The highest BCUT2D eigenvalue weighted by atomic mass is 16.7. The van der Waals surface area contributed by atoms with Crippen molar-refractivity contribution < 1.29 is 52.4 Å². The van der Waals surface area contributed by atoms with Crippen molar-refractivity contribution >= 4 is 29.8 Å². The lowest BCUT2D eigenvalue weighted by Crippen LogP contribution is -2.66. The molecule has 3 fully saturated rings. The number of carbonyl (C=O) groups excluding carboxylic acids is 5. The Balaban J connectivity index is 2.01. The number of hydrogen-bond acceptors (Lipinski definition) is 11. The Morgan fingerprint density at radius 1 is 0.897 bits per heavy atom. The molecule has 11 heteroatoms. The fourth-order valence-corrected chi connectivity index (χ4v) is 7.27. The van der Waals surface area contributed by atoms with Crippen LogP contribution in [0.5, 0.6) is 0 Å². The van der Waals surface area contributed by atoms with Crippen LogP contribution in [0.1, 0.15) is 74.7 Å². The minimum Gasteiger partial charge on any atom is -0.462 e. The molecule has 2 aliphatic carbocycles. The van der Waals surface area contributed by atoms with Crippen LogP contribution in [0.15, 0.2) is 11.6 Å². The smallest absolute Gasteiger partial charge is 0.342 e. The maximum Gasteiger partial charge on any atom is 0.342 e. The number of ether oxygens (including phenoxy) is 6. The molecule has 0 amide bonds. The van der Waals surface area contributed by atoms with Crippen LogP contribution in [0, 0.1) is 17.3 Å². The highest BCUT2D eigenvalue weighted by molar-refractivity contribution is 5.89. The Hall–Kier alpha value is -2.95. The zero-order valence-electron chi connectivity index (χ0n) is 23.7. The van der Waals surface area contributed by atoms with Crippen LogP contribution in [-0.2, 0) is 52.4 Å². The number of epoxide rings is 1. The quantitative estimate of drug-likeness (QED) is 0.220. The predicted octanol–water partition coefficient (Wildman–Crippen LogP) is 2.57. The molecular formula is C28H38O11. The number of esters is 5. The minimum atomic E-state index is -1.41. The summed E-state index contributed by atoms with van der Waals surface area (Å²) in [5.74, 6) is -4.10. The summed E-state index contributed by atoms with van der Waals surface area (Å²) in [4.78, 5) is 62.6. The first-order valence-electron chi connectivity index (χ1n) is 13.3. The van der Waals surface area contributed by atoms with Gasteiger partial charge in [0.25, 0.3) is 0 Å². The Morgan fingerprint density at radius 3 is 2.00 bits per heavy atom. The van der Waals surface area contributed by atoms with Crippen molar-refractivity contribution in [3.8, 4) is 0 Å². The molecule has 2 saturated heterocycles.